The first kappa shape index (κ1) is 18.6. The third-order valence-electron chi connectivity index (χ3n) is 2.71. The van der Waals surface area contributed by atoms with Crippen LogP contribution in [0.5, 0.6) is 0 Å². The Balaban J connectivity index is 2.98. The number of hydrogen-bond donors (Lipinski definition) is 3. The van der Waals surface area contributed by atoms with Crippen molar-refractivity contribution in [2.75, 3.05) is 20.3 Å². The summed E-state index contributed by atoms with van der Waals surface area (Å²) < 4.78 is 30.8. The summed E-state index contributed by atoms with van der Waals surface area (Å²) in [6, 6.07) is 3.90. The normalized spacial score (nSPS) is 12.2. The van der Waals surface area contributed by atoms with E-state index in [1.807, 2.05) is 0 Å². The van der Waals surface area contributed by atoms with Gasteiger partial charge in [-0.25, -0.2) is 13.2 Å². The number of aliphatic carboxylic acids is 1. The van der Waals surface area contributed by atoms with Crippen molar-refractivity contribution in [3.63, 3.8) is 0 Å². The summed E-state index contributed by atoms with van der Waals surface area (Å²) in [5, 5.41) is 11.2. The maximum Gasteiger partial charge on any atom is 0.328 e. The molecule has 0 radical (unpaired) electrons. The number of hydrogen-bond acceptors (Lipinski definition) is 5. The zero-order chi connectivity index (χ0) is 17.5. The molecule has 3 N–H and O–H groups in total. The first-order valence-electron chi connectivity index (χ1n) is 6.37. The molecule has 1 aromatic carbocycles. The second-order valence-electron chi connectivity index (χ2n) is 4.38. The molecule has 0 aliphatic heterocycles. The number of amides is 1. The first-order chi connectivity index (χ1) is 10.8. The van der Waals surface area contributed by atoms with E-state index < -0.39 is 27.9 Å². The molecular weight excluding hydrogens is 324 g/mol. The fourth-order valence-corrected chi connectivity index (χ4v) is 2.59. The van der Waals surface area contributed by atoms with Crippen LogP contribution in [0, 0.1) is 12.3 Å². The summed E-state index contributed by atoms with van der Waals surface area (Å²) in [4.78, 5) is 22.9. The summed E-state index contributed by atoms with van der Waals surface area (Å²) in [6.07, 6.45) is 5.00. The van der Waals surface area contributed by atoms with Gasteiger partial charge in [0.05, 0.1) is 18.0 Å². The fourth-order valence-electron chi connectivity index (χ4n) is 1.61. The highest BCUT2D eigenvalue weighted by Gasteiger charge is 2.21. The van der Waals surface area contributed by atoms with Crippen LogP contribution >= 0.6 is 0 Å². The quantitative estimate of drug-likeness (QED) is 0.545. The molecule has 0 aromatic heterocycles. The highest BCUT2D eigenvalue weighted by atomic mass is 32.2. The van der Waals surface area contributed by atoms with Gasteiger partial charge in [-0.1, -0.05) is 12.0 Å². The highest BCUT2D eigenvalue weighted by Crippen LogP contribution is 2.11. The van der Waals surface area contributed by atoms with E-state index in [4.69, 9.17) is 16.3 Å². The molecule has 1 aromatic rings. The van der Waals surface area contributed by atoms with Gasteiger partial charge in [-0.3, -0.25) is 4.79 Å². The number of methoxy groups -OCH3 is 1. The van der Waals surface area contributed by atoms with Gasteiger partial charge in [0.25, 0.3) is 5.91 Å². The summed E-state index contributed by atoms with van der Waals surface area (Å²) in [5.74, 6) is 0.138. The van der Waals surface area contributed by atoms with Gasteiger partial charge in [-0.15, -0.1) is 6.42 Å². The second-order valence-corrected chi connectivity index (χ2v) is 6.14. The van der Waals surface area contributed by atoms with Crippen molar-refractivity contribution < 1.29 is 27.9 Å². The molecule has 0 bridgehead atoms. The van der Waals surface area contributed by atoms with Crippen LogP contribution in [0.1, 0.15) is 10.4 Å². The van der Waals surface area contributed by atoms with Gasteiger partial charge in [0, 0.05) is 12.7 Å². The topological polar surface area (TPSA) is 122 Å². The Morgan fingerprint density at radius 3 is 2.70 bits per heavy atom. The average molecular weight is 340 g/mol. The number of carboxylic acids is 1. The van der Waals surface area contributed by atoms with Crippen molar-refractivity contribution >= 4 is 21.9 Å². The number of carbonyl (C=O) groups excluding carboxylic acids is 1. The molecule has 1 rings (SSSR count). The summed E-state index contributed by atoms with van der Waals surface area (Å²) in [6.45, 7) is -0.406. The van der Waals surface area contributed by atoms with E-state index in [9.17, 15) is 18.0 Å². The van der Waals surface area contributed by atoms with Crippen molar-refractivity contribution in [2.24, 2.45) is 0 Å². The third-order valence-corrected chi connectivity index (χ3v) is 4.11. The Morgan fingerprint density at radius 2 is 2.13 bits per heavy atom. The molecule has 23 heavy (non-hydrogen) atoms. The Hall–Kier alpha value is -2.41. The van der Waals surface area contributed by atoms with Gasteiger partial charge in [0.1, 0.15) is 0 Å². The van der Waals surface area contributed by atoms with E-state index in [1.54, 1.807) is 0 Å². The molecule has 0 saturated heterocycles. The number of benzene rings is 1. The minimum atomic E-state index is -3.85. The van der Waals surface area contributed by atoms with E-state index in [2.05, 4.69) is 16.0 Å². The predicted molar refractivity (Wildman–Crippen MR) is 81.2 cm³/mol. The lowest BCUT2D eigenvalue weighted by atomic mass is 10.2. The van der Waals surface area contributed by atoms with Crippen molar-refractivity contribution in [1.29, 1.82) is 0 Å². The largest absolute Gasteiger partial charge is 0.480 e. The van der Waals surface area contributed by atoms with Gasteiger partial charge in [0.15, 0.2) is 6.04 Å². The monoisotopic (exact) mass is 340 g/mol. The van der Waals surface area contributed by atoms with Gasteiger partial charge >= 0.3 is 5.97 Å². The van der Waals surface area contributed by atoms with Gasteiger partial charge < -0.3 is 15.2 Å². The van der Waals surface area contributed by atoms with Crippen LogP contribution in [-0.4, -0.2) is 51.7 Å². The smallest absolute Gasteiger partial charge is 0.328 e. The number of carbonyl (C=O) groups is 2. The maximum atomic E-state index is 12.1. The number of sulfonamides is 1. The zero-order valence-electron chi connectivity index (χ0n) is 12.3. The van der Waals surface area contributed by atoms with E-state index in [0.717, 1.165) is 6.07 Å². The maximum absolute atomic E-state index is 12.1. The third kappa shape index (κ3) is 5.37. The molecule has 0 aliphatic rings. The molecule has 0 saturated carbocycles. The van der Waals surface area contributed by atoms with Gasteiger partial charge in [0.2, 0.25) is 10.0 Å². The Bertz CT molecular complexity index is 723. The molecule has 0 heterocycles. The minimum Gasteiger partial charge on any atom is -0.480 e. The Kier molecular flexibility index (Phi) is 6.71. The molecule has 9 heteroatoms. The van der Waals surface area contributed by atoms with E-state index >= 15 is 0 Å². The number of carboxylic acid groups (broad SMARTS) is 1. The van der Waals surface area contributed by atoms with Gasteiger partial charge in [-0.2, -0.15) is 4.72 Å². The summed E-state index contributed by atoms with van der Waals surface area (Å²) in [7, 11) is -2.55. The minimum absolute atomic E-state index is 0.00376. The van der Waals surface area contributed by atoms with Crippen molar-refractivity contribution in [3.8, 4) is 12.3 Å². The molecule has 1 unspecified atom stereocenters. The van der Waals surface area contributed by atoms with E-state index in [-0.39, 0.29) is 23.6 Å². The van der Waals surface area contributed by atoms with Crippen molar-refractivity contribution in [1.82, 2.24) is 10.0 Å². The van der Waals surface area contributed by atoms with Gasteiger partial charge in [-0.05, 0) is 18.2 Å². The van der Waals surface area contributed by atoms with Crippen LogP contribution in [0.3, 0.4) is 0 Å². The van der Waals surface area contributed by atoms with Crippen LogP contribution in [0.25, 0.3) is 0 Å². The van der Waals surface area contributed by atoms with Crippen molar-refractivity contribution in [2.45, 2.75) is 10.9 Å². The lowest BCUT2D eigenvalue weighted by Gasteiger charge is -2.14. The van der Waals surface area contributed by atoms with Crippen LogP contribution in [0.2, 0.25) is 0 Å². The van der Waals surface area contributed by atoms with Crippen LogP contribution < -0.4 is 10.0 Å². The number of rotatable bonds is 8. The standard InChI is InChI=1S/C14H16N2O6S/c1-3-7-15-23(20,21)11-6-4-5-10(8-11)13(17)16-12(9-22-2)14(18)19/h1,4-6,8,12,15H,7,9H2,2H3,(H,16,17)(H,18,19). The van der Waals surface area contributed by atoms with Crippen LogP contribution in [0.4, 0.5) is 0 Å². The Labute approximate surface area is 133 Å². The lowest BCUT2D eigenvalue weighted by molar-refractivity contribution is -0.140. The molecule has 0 aliphatic carbocycles. The molecular formula is C14H16N2O6S. The summed E-state index contributed by atoms with van der Waals surface area (Å²) in [5.41, 5.74) is -0.00376. The second kappa shape index (κ2) is 8.28. The molecule has 1 amide bonds. The number of terminal acetylenes is 1. The molecule has 1 atom stereocenters. The lowest BCUT2D eigenvalue weighted by Crippen LogP contribution is -2.43. The fraction of sp³-hybridized carbons (Fsp3) is 0.286. The predicted octanol–water partition coefficient (Wildman–Crippen LogP) is -0.572. The average Bonchev–Trinajstić information content (AvgIpc) is 2.52. The first-order valence-corrected chi connectivity index (χ1v) is 7.86. The molecule has 0 spiro atoms. The SMILES string of the molecule is C#CCNS(=O)(=O)c1cccc(C(=O)NC(COC)C(=O)O)c1. The summed E-state index contributed by atoms with van der Waals surface area (Å²) >= 11 is 0. The zero-order valence-corrected chi connectivity index (χ0v) is 13.1. The number of nitrogens with one attached hydrogen (secondary N) is 2. The van der Waals surface area contributed by atoms with E-state index in [1.165, 1.54) is 25.3 Å². The van der Waals surface area contributed by atoms with E-state index in [0.29, 0.717) is 0 Å². The van der Waals surface area contributed by atoms with Crippen molar-refractivity contribution in [3.05, 3.63) is 29.8 Å². The highest BCUT2D eigenvalue weighted by molar-refractivity contribution is 7.89. The molecule has 0 fully saturated rings. The Morgan fingerprint density at radius 1 is 1.43 bits per heavy atom. The molecule has 124 valence electrons. The number of ether oxygens (including phenoxy) is 1. The van der Waals surface area contributed by atoms with Crippen LogP contribution in [0.15, 0.2) is 29.2 Å². The van der Waals surface area contributed by atoms with Crippen LogP contribution in [-0.2, 0) is 19.6 Å². The molecule has 8 nitrogen and oxygen atoms in total.